The molecule has 2 rings (SSSR count). The van der Waals surface area contributed by atoms with E-state index in [9.17, 15) is 14.7 Å². The van der Waals surface area contributed by atoms with Crippen molar-refractivity contribution >= 4 is 12.1 Å². The number of carbonyl (C=O) groups excluding carboxylic acids is 1. The number of carboxylic acids is 1. The third kappa shape index (κ3) is 4.25. The molecule has 1 fully saturated rings. The number of furan rings is 1. The summed E-state index contributed by atoms with van der Waals surface area (Å²) < 4.78 is 10.7. The first-order valence-corrected chi connectivity index (χ1v) is 7.69. The van der Waals surface area contributed by atoms with E-state index in [1.807, 2.05) is 17.9 Å². The van der Waals surface area contributed by atoms with Crippen molar-refractivity contribution in [3.05, 3.63) is 24.2 Å². The van der Waals surface area contributed by atoms with Gasteiger partial charge in [0, 0.05) is 13.1 Å². The predicted octanol–water partition coefficient (Wildman–Crippen LogP) is 2.35. The number of rotatable bonds is 3. The molecule has 0 unspecified atom stereocenters. The topological polar surface area (TPSA) is 83.2 Å². The van der Waals surface area contributed by atoms with Crippen molar-refractivity contribution in [2.45, 2.75) is 45.4 Å². The molecule has 128 valence electrons. The highest BCUT2D eigenvalue weighted by molar-refractivity contribution is 5.76. The van der Waals surface area contributed by atoms with Crippen molar-refractivity contribution in [2.24, 2.45) is 0 Å². The second-order valence-corrected chi connectivity index (χ2v) is 6.71. The minimum Gasteiger partial charge on any atom is -0.480 e. The third-order valence-corrected chi connectivity index (χ3v) is 3.81. The molecule has 0 spiro atoms. The number of nitrogens with zero attached hydrogens (tertiary/aromatic N) is 2. The Balaban J connectivity index is 2.09. The van der Waals surface area contributed by atoms with Gasteiger partial charge in [0.05, 0.1) is 18.8 Å². The van der Waals surface area contributed by atoms with Gasteiger partial charge in [0.1, 0.15) is 17.4 Å². The van der Waals surface area contributed by atoms with Gasteiger partial charge in [-0.25, -0.2) is 4.79 Å². The van der Waals surface area contributed by atoms with Crippen LogP contribution in [0.4, 0.5) is 4.79 Å². The van der Waals surface area contributed by atoms with Crippen LogP contribution in [0.15, 0.2) is 22.8 Å². The summed E-state index contributed by atoms with van der Waals surface area (Å²) in [4.78, 5) is 27.1. The molecule has 0 saturated carbocycles. The highest BCUT2D eigenvalue weighted by Crippen LogP contribution is 2.26. The van der Waals surface area contributed by atoms with Gasteiger partial charge < -0.3 is 19.2 Å². The van der Waals surface area contributed by atoms with Crippen LogP contribution in [-0.4, -0.2) is 58.2 Å². The predicted molar refractivity (Wildman–Crippen MR) is 83.1 cm³/mol. The van der Waals surface area contributed by atoms with E-state index in [0.29, 0.717) is 18.8 Å². The van der Waals surface area contributed by atoms with Crippen LogP contribution < -0.4 is 0 Å². The maximum Gasteiger partial charge on any atom is 0.410 e. The van der Waals surface area contributed by atoms with Gasteiger partial charge in [-0.1, -0.05) is 0 Å². The molecule has 0 aliphatic carbocycles. The summed E-state index contributed by atoms with van der Waals surface area (Å²) in [6, 6.07) is 2.63. The Morgan fingerprint density at radius 3 is 2.61 bits per heavy atom. The third-order valence-electron chi connectivity index (χ3n) is 3.81. The first-order chi connectivity index (χ1) is 10.7. The van der Waals surface area contributed by atoms with E-state index in [4.69, 9.17) is 9.15 Å². The van der Waals surface area contributed by atoms with E-state index in [2.05, 4.69) is 0 Å². The molecule has 7 nitrogen and oxygen atoms in total. The van der Waals surface area contributed by atoms with E-state index < -0.39 is 23.7 Å². The second-order valence-electron chi connectivity index (χ2n) is 6.71. The van der Waals surface area contributed by atoms with Crippen LogP contribution >= 0.6 is 0 Å². The number of amides is 1. The lowest BCUT2D eigenvalue weighted by Crippen LogP contribution is -2.58. The molecule has 1 N–H and O–H groups in total. The minimum atomic E-state index is -0.961. The lowest BCUT2D eigenvalue weighted by atomic mass is 10.1. The van der Waals surface area contributed by atoms with Crippen molar-refractivity contribution in [1.82, 2.24) is 9.80 Å². The molecule has 1 aromatic heterocycles. The fraction of sp³-hybridized carbons (Fsp3) is 0.625. The average molecular weight is 324 g/mol. The van der Waals surface area contributed by atoms with Gasteiger partial charge in [0.2, 0.25) is 0 Å². The molecule has 23 heavy (non-hydrogen) atoms. The summed E-state index contributed by atoms with van der Waals surface area (Å²) in [6.07, 6.45) is 1.09. The molecule has 0 bridgehead atoms. The zero-order valence-electron chi connectivity index (χ0n) is 14.0. The summed E-state index contributed by atoms with van der Waals surface area (Å²) in [6.45, 7) is 8.22. The van der Waals surface area contributed by atoms with Crippen LogP contribution in [0.1, 0.15) is 39.5 Å². The molecular weight excluding hydrogens is 300 g/mol. The Bertz CT molecular complexity index is 549. The van der Waals surface area contributed by atoms with Gasteiger partial charge in [0.25, 0.3) is 0 Å². The molecule has 1 aliphatic rings. The Kier molecular flexibility index (Phi) is 4.99. The maximum absolute atomic E-state index is 12.2. The van der Waals surface area contributed by atoms with E-state index in [0.717, 1.165) is 0 Å². The first-order valence-electron chi connectivity index (χ1n) is 7.69. The number of carboxylic acid groups (broad SMARTS) is 1. The van der Waals surface area contributed by atoms with E-state index >= 15 is 0 Å². The largest absolute Gasteiger partial charge is 0.480 e. The number of aliphatic carboxylic acids is 1. The van der Waals surface area contributed by atoms with Gasteiger partial charge in [-0.2, -0.15) is 0 Å². The summed E-state index contributed by atoms with van der Waals surface area (Å²) >= 11 is 0. The summed E-state index contributed by atoms with van der Waals surface area (Å²) in [5.74, 6) is -0.251. The normalized spacial score (nSPS) is 21.0. The summed E-state index contributed by atoms with van der Waals surface area (Å²) in [5, 5.41) is 9.54. The van der Waals surface area contributed by atoms with Crippen molar-refractivity contribution in [3.8, 4) is 0 Å². The maximum atomic E-state index is 12.2. The Hall–Kier alpha value is -2.02. The lowest BCUT2D eigenvalue weighted by Gasteiger charge is -2.41. The quantitative estimate of drug-likeness (QED) is 0.919. The molecule has 1 aromatic rings. The van der Waals surface area contributed by atoms with Crippen LogP contribution in [0.3, 0.4) is 0 Å². The second kappa shape index (κ2) is 6.62. The van der Waals surface area contributed by atoms with Crippen LogP contribution in [0, 0.1) is 0 Å². The average Bonchev–Trinajstić information content (AvgIpc) is 2.98. The number of piperazine rings is 1. The fourth-order valence-corrected chi connectivity index (χ4v) is 2.67. The smallest absolute Gasteiger partial charge is 0.410 e. The van der Waals surface area contributed by atoms with Gasteiger partial charge in [-0.05, 0) is 39.8 Å². The van der Waals surface area contributed by atoms with E-state index in [-0.39, 0.29) is 12.6 Å². The molecule has 0 radical (unpaired) electrons. The number of carbonyl (C=O) groups is 2. The van der Waals surface area contributed by atoms with Gasteiger partial charge >= 0.3 is 12.1 Å². The fourth-order valence-electron chi connectivity index (χ4n) is 2.67. The monoisotopic (exact) mass is 324 g/mol. The zero-order valence-corrected chi connectivity index (χ0v) is 14.0. The van der Waals surface area contributed by atoms with E-state index in [1.165, 1.54) is 4.90 Å². The molecule has 2 atom stereocenters. The molecule has 1 aliphatic heterocycles. The van der Waals surface area contributed by atoms with Crippen molar-refractivity contribution in [1.29, 1.82) is 0 Å². The minimum absolute atomic E-state index is 0.0926. The van der Waals surface area contributed by atoms with Crippen LogP contribution in [0.5, 0.6) is 0 Å². The van der Waals surface area contributed by atoms with Crippen molar-refractivity contribution in [2.75, 3.05) is 19.6 Å². The number of hydrogen-bond donors (Lipinski definition) is 1. The standard InChI is InChI=1S/C16H24N2O5/c1-11(13-6-5-9-22-13)18-8-7-17(10-12(18)14(19)20)15(21)23-16(2,3)4/h5-6,9,11-12H,7-8,10H2,1-4H3,(H,19,20)/t11-,12-/m1/s1. The van der Waals surface area contributed by atoms with Crippen molar-refractivity contribution in [3.63, 3.8) is 0 Å². The highest BCUT2D eigenvalue weighted by Gasteiger charge is 2.38. The van der Waals surface area contributed by atoms with Crippen molar-refractivity contribution < 1.29 is 23.8 Å². The molecule has 1 amide bonds. The SMILES string of the molecule is C[C@H](c1ccco1)N1CCN(C(=O)OC(C)(C)C)C[C@@H]1C(=O)O. The zero-order chi connectivity index (χ0) is 17.2. The van der Waals surface area contributed by atoms with Crippen LogP contribution in [-0.2, 0) is 9.53 Å². The van der Waals surface area contributed by atoms with Gasteiger partial charge in [-0.15, -0.1) is 0 Å². The Labute approximate surface area is 135 Å². The van der Waals surface area contributed by atoms with Crippen LogP contribution in [0.25, 0.3) is 0 Å². The molecule has 7 heteroatoms. The summed E-state index contributed by atoms with van der Waals surface area (Å²) in [5.41, 5.74) is -0.603. The van der Waals surface area contributed by atoms with Gasteiger partial charge in [0.15, 0.2) is 0 Å². The number of hydrogen-bond acceptors (Lipinski definition) is 5. The number of ether oxygens (including phenoxy) is 1. The van der Waals surface area contributed by atoms with Gasteiger partial charge in [-0.3, -0.25) is 9.69 Å². The lowest BCUT2D eigenvalue weighted by molar-refractivity contribution is -0.147. The van der Waals surface area contributed by atoms with Crippen LogP contribution in [0.2, 0.25) is 0 Å². The Morgan fingerprint density at radius 1 is 1.39 bits per heavy atom. The Morgan fingerprint density at radius 2 is 2.09 bits per heavy atom. The molecule has 0 aromatic carbocycles. The summed E-state index contributed by atoms with van der Waals surface area (Å²) in [7, 11) is 0. The molecule has 1 saturated heterocycles. The van der Waals surface area contributed by atoms with E-state index in [1.54, 1.807) is 33.1 Å². The molecule has 2 heterocycles. The first kappa shape index (κ1) is 17.3. The molecular formula is C16H24N2O5. The highest BCUT2D eigenvalue weighted by atomic mass is 16.6.